The summed E-state index contributed by atoms with van der Waals surface area (Å²) in [6.45, 7) is 3.62. The average molecular weight is 331 g/mol. The predicted molar refractivity (Wildman–Crippen MR) is 92.1 cm³/mol. The Kier molecular flexibility index (Phi) is 6.35. The Bertz CT molecular complexity index is 590. The van der Waals surface area contributed by atoms with Gasteiger partial charge in [-0.15, -0.1) is 0 Å². The van der Waals surface area contributed by atoms with E-state index in [-0.39, 0.29) is 23.6 Å². The second-order valence-electron chi connectivity index (χ2n) is 6.58. The lowest BCUT2D eigenvalue weighted by Gasteiger charge is -2.11. The highest BCUT2D eigenvalue weighted by Gasteiger charge is 2.18. The number of nitrogens with one attached hydrogen (secondary N) is 3. The summed E-state index contributed by atoms with van der Waals surface area (Å²) < 4.78 is 0. The zero-order chi connectivity index (χ0) is 17.5. The summed E-state index contributed by atoms with van der Waals surface area (Å²) in [6, 6.07) is 6.54. The zero-order valence-corrected chi connectivity index (χ0v) is 14.2. The fraction of sp³-hybridized carbons (Fsp3) is 0.500. The standard InChI is InChI=1S/C18H25N3O3/c1-12(2)17(23)19-15-9-7-14(8-10-15)18(24)21-20-16(22)11-13-5-3-4-6-13/h7-10,12-13H,3-6,11H2,1-2H3,(H,19,23)(H,20,22)(H,21,24). The number of hydrogen-bond acceptors (Lipinski definition) is 3. The summed E-state index contributed by atoms with van der Waals surface area (Å²) in [6.07, 6.45) is 5.00. The van der Waals surface area contributed by atoms with Crippen LogP contribution in [0.5, 0.6) is 0 Å². The summed E-state index contributed by atoms with van der Waals surface area (Å²) >= 11 is 0. The molecule has 0 unspecified atom stereocenters. The molecule has 0 aliphatic heterocycles. The van der Waals surface area contributed by atoms with Crippen LogP contribution in [0.25, 0.3) is 0 Å². The number of carbonyl (C=O) groups excluding carboxylic acids is 3. The number of amides is 3. The molecule has 0 aromatic heterocycles. The molecule has 1 saturated carbocycles. The summed E-state index contributed by atoms with van der Waals surface area (Å²) in [4.78, 5) is 35.4. The van der Waals surface area contributed by atoms with Crippen LogP contribution in [0.1, 0.15) is 56.3 Å². The average Bonchev–Trinajstić information content (AvgIpc) is 3.06. The lowest BCUT2D eigenvalue weighted by Crippen LogP contribution is -2.42. The number of benzene rings is 1. The van der Waals surface area contributed by atoms with Gasteiger partial charge < -0.3 is 5.32 Å². The number of carbonyl (C=O) groups is 3. The third-order valence-corrected chi connectivity index (χ3v) is 4.20. The summed E-state index contributed by atoms with van der Waals surface area (Å²) in [5.74, 6) is -0.284. The summed E-state index contributed by atoms with van der Waals surface area (Å²) in [7, 11) is 0. The Morgan fingerprint density at radius 3 is 2.25 bits per heavy atom. The maximum absolute atomic E-state index is 12.0. The molecular weight excluding hydrogens is 306 g/mol. The Morgan fingerprint density at radius 2 is 1.67 bits per heavy atom. The van der Waals surface area contributed by atoms with Gasteiger partial charge in [0, 0.05) is 23.6 Å². The predicted octanol–water partition coefficient (Wildman–Crippen LogP) is 2.62. The van der Waals surface area contributed by atoms with Crippen LogP contribution in [0.4, 0.5) is 5.69 Å². The van der Waals surface area contributed by atoms with Crippen molar-refractivity contribution < 1.29 is 14.4 Å². The second kappa shape index (κ2) is 8.47. The topological polar surface area (TPSA) is 87.3 Å². The van der Waals surface area contributed by atoms with E-state index in [1.54, 1.807) is 24.3 Å². The van der Waals surface area contributed by atoms with Crippen LogP contribution in [-0.2, 0) is 9.59 Å². The molecule has 0 atom stereocenters. The minimum Gasteiger partial charge on any atom is -0.326 e. The minimum atomic E-state index is -0.378. The van der Waals surface area contributed by atoms with Crippen molar-refractivity contribution in [3.63, 3.8) is 0 Å². The molecule has 1 aliphatic carbocycles. The van der Waals surface area contributed by atoms with Gasteiger partial charge in [-0.2, -0.15) is 0 Å². The van der Waals surface area contributed by atoms with Crippen molar-refractivity contribution in [1.29, 1.82) is 0 Å². The molecular formula is C18H25N3O3. The van der Waals surface area contributed by atoms with E-state index >= 15 is 0 Å². The quantitative estimate of drug-likeness (QED) is 0.725. The molecule has 6 heteroatoms. The van der Waals surface area contributed by atoms with Gasteiger partial charge in [0.15, 0.2) is 0 Å². The molecule has 0 radical (unpaired) electrons. The van der Waals surface area contributed by atoms with Crippen molar-refractivity contribution >= 4 is 23.4 Å². The highest BCUT2D eigenvalue weighted by atomic mass is 16.2. The van der Waals surface area contributed by atoms with Crippen molar-refractivity contribution in [1.82, 2.24) is 10.9 Å². The van der Waals surface area contributed by atoms with Gasteiger partial charge in [0.2, 0.25) is 11.8 Å². The first-order valence-electron chi connectivity index (χ1n) is 8.46. The van der Waals surface area contributed by atoms with Crippen LogP contribution in [0.15, 0.2) is 24.3 Å². The fourth-order valence-corrected chi connectivity index (χ4v) is 2.72. The smallest absolute Gasteiger partial charge is 0.269 e. The number of hydrazine groups is 1. The van der Waals surface area contributed by atoms with Gasteiger partial charge in [-0.05, 0) is 43.0 Å². The van der Waals surface area contributed by atoms with Crippen molar-refractivity contribution in [3.05, 3.63) is 29.8 Å². The third-order valence-electron chi connectivity index (χ3n) is 4.20. The molecule has 3 amide bonds. The van der Waals surface area contributed by atoms with Crippen LogP contribution < -0.4 is 16.2 Å². The van der Waals surface area contributed by atoms with Gasteiger partial charge in [0.25, 0.3) is 5.91 Å². The van der Waals surface area contributed by atoms with E-state index in [0.717, 1.165) is 12.8 Å². The monoisotopic (exact) mass is 331 g/mol. The first-order chi connectivity index (χ1) is 11.5. The lowest BCUT2D eigenvalue weighted by atomic mass is 10.0. The Labute approximate surface area is 142 Å². The van der Waals surface area contributed by atoms with Crippen LogP contribution in [0, 0.1) is 11.8 Å². The van der Waals surface area contributed by atoms with Gasteiger partial charge in [-0.3, -0.25) is 25.2 Å². The van der Waals surface area contributed by atoms with Crippen molar-refractivity contribution in [2.24, 2.45) is 11.8 Å². The Hall–Kier alpha value is -2.37. The molecule has 0 bridgehead atoms. The lowest BCUT2D eigenvalue weighted by molar-refractivity contribution is -0.122. The summed E-state index contributed by atoms with van der Waals surface area (Å²) in [5, 5.41) is 2.76. The molecule has 1 aromatic carbocycles. The molecule has 1 aromatic rings. The zero-order valence-electron chi connectivity index (χ0n) is 14.2. The molecule has 2 rings (SSSR count). The van der Waals surface area contributed by atoms with Gasteiger partial charge in [-0.25, -0.2) is 0 Å². The van der Waals surface area contributed by atoms with E-state index in [2.05, 4.69) is 16.2 Å². The van der Waals surface area contributed by atoms with Crippen LogP contribution in [0.3, 0.4) is 0 Å². The third kappa shape index (κ3) is 5.37. The fourth-order valence-electron chi connectivity index (χ4n) is 2.72. The highest BCUT2D eigenvalue weighted by molar-refractivity contribution is 5.96. The number of anilines is 1. The van der Waals surface area contributed by atoms with Gasteiger partial charge in [0.05, 0.1) is 0 Å². The summed E-state index contributed by atoms with van der Waals surface area (Å²) in [5.41, 5.74) is 5.94. The maximum Gasteiger partial charge on any atom is 0.269 e. The van der Waals surface area contributed by atoms with Crippen molar-refractivity contribution in [3.8, 4) is 0 Å². The molecule has 1 aliphatic rings. The molecule has 130 valence electrons. The van der Waals surface area contributed by atoms with E-state index in [4.69, 9.17) is 0 Å². The maximum atomic E-state index is 12.0. The molecule has 0 heterocycles. The van der Waals surface area contributed by atoms with Crippen molar-refractivity contribution in [2.45, 2.75) is 46.0 Å². The molecule has 6 nitrogen and oxygen atoms in total. The van der Waals surface area contributed by atoms with Crippen LogP contribution >= 0.6 is 0 Å². The highest BCUT2D eigenvalue weighted by Crippen LogP contribution is 2.27. The molecule has 0 spiro atoms. The molecule has 3 N–H and O–H groups in total. The first kappa shape index (κ1) is 18.0. The van der Waals surface area contributed by atoms with Crippen LogP contribution in [0.2, 0.25) is 0 Å². The Morgan fingerprint density at radius 1 is 1.04 bits per heavy atom. The van der Waals surface area contributed by atoms with Crippen molar-refractivity contribution in [2.75, 3.05) is 5.32 Å². The van der Waals surface area contributed by atoms with Gasteiger partial charge in [0.1, 0.15) is 0 Å². The second-order valence-corrected chi connectivity index (χ2v) is 6.58. The van der Waals surface area contributed by atoms with E-state index in [1.807, 2.05) is 13.8 Å². The normalized spacial score (nSPS) is 14.5. The first-order valence-corrected chi connectivity index (χ1v) is 8.46. The minimum absolute atomic E-state index is 0.0774. The largest absolute Gasteiger partial charge is 0.326 e. The van der Waals surface area contributed by atoms with E-state index in [0.29, 0.717) is 23.6 Å². The molecule has 0 saturated heterocycles. The number of rotatable bonds is 5. The van der Waals surface area contributed by atoms with E-state index in [9.17, 15) is 14.4 Å². The van der Waals surface area contributed by atoms with Gasteiger partial charge >= 0.3 is 0 Å². The molecule has 24 heavy (non-hydrogen) atoms. The van der Waals surface area contributed by atoms with E-state index in [1.165, 1.54) is 12.8 Å². The van der Waals surface area contributed by atoms with Gasteiger partial charge in [-0.1, -0.05) is 26.7 Å². The molecule has 1 fully saturated rings. The van der Waals surface area contributed by atoms with E-state index < -0.39 is 0 Å². The van der Waals surface area contributed by atoms with Crippen LogP contribution in [-0.4, -0.2) is 17.7 Å². The number of hydrogen-bond donors (Lipinski definition) is 3. The Balaban J connectivity index is 1.79. The SMILES string of the molecule is CC(C)C(=O)Nc1ccc(C(=O)NNC(=O)CC2CCCC2)cc1.